The zero-order valence-corrected chi connectivity index (χ0v) is 7.90. The predicted octanol–water partition coefficient (Wildman–Crippen LogP) is 2.42. The van der Waals surface area contributed by atoms with Crippen molar-refractivity contribution in [2.75, 3.05) is 6.61 Å². The van der Waals surface area contributed by atoms with E-state index in [4.69, 9.17) is 16.4 Å². The van der Waals surface area contributed by atoms with Crippen molar-refractivity contribution in [1.29, 1.82) is 0 Å². The molecule has 0 spiro atoms. The lowest BCUT2D eigenvalue weighted by Crippen LogP contribution is -2.24. The van der Waals surface area contributed by atoms with Crippen LogP contribution in [0.15, 0.2) is 22.5 Å². The molecule has 1 aliphatic carbocycles. The van der Waals surface area contributed by atoms with Crippen LogP contribution < -0.4 is 5.48 Å². The number of allylic oxidation sites excluding steroid dienone is 3. The van der Waals surface area contributed by atoms with E-state index in [2.05, 4.69) is 5.48 Å². The molecule has 1 aliphatic heterocycles. The van der Waals surface area contributed by atoms with Gasteiger partial charge in [-0.15, -0.1) is 0 Å². The molecule has 1 atom stereocenters. The molecule has 2 rings (SSSR count). The first-order valence-electron chi connectivity index (χ1n) is 4.41. The van der Waals surface area contributed by atoms with Gasteiger partial charge in [0.25, 0.3) is 0 Å². The number of halogens is 2. The number of rotatable bonds is 1. The maximum absolute atomic E-state index is 13.5. The van der Waals surface area contributed by atoms with E-state index >= 15 is 0 Å². The van der Waals surface area contributed by atoms with Gasteiger partial charge in [0.1, 0.15) is 5.83 Å². The maximum Gasteiger partial charge on any atom is 0.142 e. The molecule has 1 fully saturated rings. The van der Waals surface area contributed by atoms with Crippen LogP contribution in [0.2, 0.25) is 0 Å². The van der Waals surface area contributed by atoms with Crippen LogP contribution in [-0.2, 0) is 4.84 Å². The monoisotopic (exact) mass is 203 g/mol. The van der Waals surface area contributed by atoms with E-state index in [1.54, 1.807) is 6.08 Å². The van der Waals surface area contributed by atoms with Crippen molar-refractivity contribution in [2.45, 2.75) is 25.3 Å². The summed E-state index contributed by atoms with van der Waals surface area (Å²) in [7, 11) is 0. The number of hydrogen-bond donors (Lipinski definition) is 1. The highest BCUT2D eigenvalue weighted by Crippen LogP contribution is 2.32. The van der Waals surface area contributed by atoms with E-state index in [9.17, 15) is 4.39 Å². The Morgan fingerprint density at radius 3 is 3.15 bits per heavy atom. The Morgan fingerprint density at radius 1 is 1.62 bits per heavy atom. The molecule has 2 aliphatic rings. The van der Waals surface area contributed by atoms with Crippen LogP contribution in [0, 0.1) is 0 Å². The minimum atomic E-state index is -0.268. The van der Waals surface area contributed by atoms with Crippen molar-refractivity contribution >= 4 is 11.6 Å². The number of hydroxylamine groups is 1. The van der Waals surface area contributed by atoms with Gasteiger partial charge in [0.2, 0.25) is 0 Å². The van der Waals surface area contributed by atoms with Gasteiger partial charge in [-0.25, -0.2) is 4.39 Å². The summed E-state index contributed by atoms with van der Waals surface area (Å²) in [4.78, 5) is 4.98. The summed E-state index contributed by atoms with van der Waals surface area (Å²) >= 11 is 5.70. The molecule has 0 radical (unpaired) electrons. The van der Waals surface area contributed by atoms with Crippen molar-refractivity contribution in [3.8, 4) is 0 Å². The first kappa shape index (κ1) is 9.19. The predicted molar refractivity (Wildman–Crippen MR) is 48.8 cm³/mol. The molecule has 0 aromatic carbocycles. The van der Waals surface area contributed by atoms with Crippen LogP contribution in [0.4, 0.5) is 4.39 Å². The zero-order chi connectivity index (χ0) is 9.26. The molecule has 0 amide bonds. The van der Waals surface area contributed by atoms with Crippen LogP contribution in [-0.4, -0.2) is 12.6 Å². The first-order chi connectivity index (χ1) is 6.29. The highest BCUT2D eigenvalue weighted by Gasteiger charge is 2.25. The summed E-state index contributed by atoms with van der Waals surface area (Å²) < 4.78 is 13.5. The minimum absolute atomic E-state index is 0.0162. The quantitative estimate of drug-likeness (QED) is 0.707. The molecule has 0 aromatic rings. The van der Waals surface area contributed by atoms with E-state index in [0.29, 0.717) is 6.61 Å². The van der Waals surface area contributed by atoms with Gasteiger partial charge in [-0.2, -0.15) is 5.48 Å². The second-order valence-electron chi connectivity index (χ2n) is 3.24. The molecule has 1 unspecified atom stereocenters. The summed E-state index contributed by atoms with van der Waals surface area (Å²) in [6.45, 7) is 0.642. The fourth-order valence-corrected chi connectivity index (χ4v) is 1.91. The Morgan fingerprint density at radius 2 is 2.46 bits per heavy atom. The molecule has 0 saturated carbocycles. The fraction of sp³-hybridized carbons (Fsp3) is 0.556. The second kappa shape index (κ2) is 3.78. The van der Waals surface area contributed by atoms with Crippen molar-refractivity contribution in [3.05, 3.63) is 22.5 Å². The third-order valence-corrected chi connectivity index (χ3v) is 2.70. The largest absolute Gasteiger partial charge is 0.301 e. The Labute approximate surface area is 81.4 Å². The molecule has 72 valence electrons. The molecular formula is C9H11ClFNO. The van der Waals surface area contributed by atoms with Gasteiger partial charge in [0.05, 0.1) is 17.7 Å². The van der Waals surface area contributed by atoms with Crippen LogP contribution in [0.5, 0.6) is 0 Å². The highest BCUT2D eigenvalue weighted by molar-refractivity contribution is 6.31. The summed E-state index contributed by atoms with van der Waals surface area (Å²) in [6, 6.07) is 0.0162. The van der Waals surface area contributed by atoms with Crippen LogP contribution in [0.25, 0.3) is 0 Å². The lowest BCUT2D eigenvalue weighted by molar-refractivity contribution is 0.0922. The van der Waals surface area contributed by atoms with E-state index in [1.165, 1.54) is 0 Å². The molecule has 0 bridgehead atoms. The molecule has 1 N–H and O–H groups in total. The SMILES string of the molecule is FC1=C(C2CCON2)CCC=C1Cl. The third kappa shape index (κ3) is 1.77. The minimum Gasteiger partial charge on any atom is -0.301 e. The molecule has 2 nitrogen and oxygen atoms in total. The average Bonchev–Trinajstić information content (AvgIpc) is 2.62. The maximum atomic E-state index is 13.5. The Balaban J connectivity index is 2.20. The van der Waals surface area contributed by atoms with E-state index < -0.39 is 0 Å². The molecule has 13 heavy (non-hydrogen) atoms. The van der Waals surface area contributed by atoms with Crippen LogP contribution in [0.3, 0.4) is 0 Å². The van der Waals surface area contributed by atoms with E-state index in [-0.39, 0.29) is 16.9 Å². The fourth-order valence-electron chi connectivity index (χ4n) is 1.67. The normalized spacial score (nSPS) is 29.4. The van der Waals surface area contributed by atoms with E-state index in [0.717, 1.165) is 24.8 Å². The van der Waals surface area contributed by atoms with Gasteiger partial charge in [-0.3, -0.25) is 0 Å². The smallest absolute Gasteiger partial charge is 0.142 e. The van der Waals surface area contributed by atoms with Gasteiger partial charge in [0.15, 0.2) is 0 Å². The first-order valence-corrected chi connectivity index (χ1v) is 4.78. The Hall–Kier alpha value is -0.380. The van der Waals surface area contributed by atoms with Gasteiger partial charge < -0.3 is 4.84 Å². The summed E-state index contributed by atoms with van der Waals surface area (Å²) in [6.07, 6.45) is 4.10. The van der Waals surface area contributed by atoms with Gasteiger partial charge in [-0.1, -0.05) is 17.7 Å². The van der Waals surface area contributed by atoms with Crippen molar-refractivity contribution in [1.82, 2.24) is 5.48 Å². The van der Waals surface area contributed by atoms with Crippen LogP contribution >= 0.6 is 11.6 Å². The molecule has 0 aromatic heterocycles. The number of nitrogens with one attached hydrogen (secondary N) is 1. The van der Waals surface area contributed by atoms with Crippen LogP contribution in [0.1, 0.15) is 19.3 Å². The van der Waals surface area contributed by atoms with Gasteiger partial charge in [0, 0.05) is 0 Å². The molecule has 1 saturated heterocycles. The second-order valence-corrected chi connectivity index (χ2v) is 3.64. The van der Waals surface area contributed by atoms with Gasteiger partial charge >= 0.3 is 0 Å². The molecule has 4 heteroatoms. The van der Waals surface area contributed by atoms with E-state index in [1.807, 2.05) is 0 Å². The zero-order valence-electron chi connectivity index (χ0n) is 7.15. The highest BCUT2D eigenvalue weighted by atomic mass is 35.5. The lowest BCUT2D eigenvalue weighted by Gasteiger charge is -2.17. The molecular weight excluding hydrogens is 193 g/mol. The van der Waals surface area contributed by atoms with Gasteiger partial charge in [-0.05, 0) is 24.8 Å². The van der Waals surface area contributed by atoms with Crippen molar-refractivity contribution < 1.29 is 9.23 Å². The topological polar surface area (TPSA) is 21.3 Å². The summed E-state index contributed by atoms with van der Waals surface area (Å²) in [5.41, 5.74) is 3.55. The average molecular weight is 204 g/mol. The Bertz CT molecular complexity index is 269. The standard InChI is InChI=1S/C9H11ClFNO/c10-7-3-1-2-6(9(7)11)8-4-5-13-12-8/h3,8,12H,1-2,4-5H2. The Kier molecular flexibility index (Phi) is 2.67. The summed E-state index contributed by atoms with van der Waals surface area (Å²) in [5.74, 6) is -0.268. The molecule has 1 heterocycles. The third-order valence-electron chi connectivity index (χ3n) is 2.38. The van der Waals surface area contributed by atoms with Crippen molar-refractivity contribution in [3.63, 3.8) is 0 Å². The lowest BCUT2D eigenvalue weighted by atomic mass is 9.96. The number of hydrogen-bond acceptors (Lipinski definition) is 2. The summed E-state index contributed by atoms with van der Waals surface area (Å²) in [5, 5.41) is 0.245. The van der Waals surface area contributed by atoms with Crippen molar-refractivity contribution in [2.24, 2.45) is 0 Å².